The van der Waals surface area contributed by atoms with Gasteiger partial charge in [-0.15, -0.1) is 0 Å². The van der Waals surface area contributed by atoms with Gasteiger partial charge >= 0.3 is 5.97 Å². The Kier molecular flexibility index (Phi) is 5.17. The minimum Gasteiger partial charge on any atom is -0.460 e. The van der Waals surface area contributed by atoms with Gasteiger partial charge in [0.2, 0.25) is 5.91 Å². The van der Waals surface area contributed by atoms with Crippen molar-refractivity contribution in [3.05, 3.63) is 0 Å². The Morgan fingerprint density at radius 1 is 1.17 bits per heavy atom. The summed E-state index contributed by atoms with van der Waals surface area (Å²) in [6, 6.07) is 0.371. The average Bonchev–Trinajstić information content (AvgIpc) is 2.75. The van der Waals surface area contributed by atoms with Crippen LogP contribution in [-0.4, -0.2) is 35.5 Å². The summed E-state index contributed by atoms with van der Waals surface area (Å²) in [5.74, 6) is -0.247. The molecule has 0 aromatic heterocycles. The number of rotatable bonds is 4. The Bertz CT molecular complexity index is 301. The fourth-order valence-corrected chi connectivity index (χ4v) is 2.27. The van der Waals surface area contributed by atoms with Gasteiger partial charge in [-0.1, -0.05) is 12.8 Å². The van der Waals surface area contributed by atoms with Crippen molar-refractivity contribution < 1.29 is 14.3 Å². The maximum Gasteiger partial charge on any atom is 0.306 e. The summed E-state index contributed by atoms with van der Waals surface area (Å²) in [5.41, 5.74) is -0.475. The molecular formula is C14H25NO3. The lowest BCUT2D eigenvalue weighted by Gasteiger charge is -2.24. The van der Waals surface area contributed by atoms with Crippen molar-refractivity contribution in [1.82, 2.24) is 4.90 Å². The van der Waals surface area contributed by atoms with Crippen molar-refractivity contribution in [1.29, 1.82) is 0 Å². The molecule has 0 heterocycles. The molecule has 0 saturated heterocycles. The predicted molar refractivity (Wildman–Crippen MR) is 70.1 cm³/mol. The summed E-state index contributed by atoms with van der Waals surface area (Å²) in [7, 11) is 1.84. The highest BCUT2D eigenvalue weighted by Crippen LogP contribution is 2.23. The highest BCUT2D eigenvalue weighted by molar-refractivity contribution is 5.81. The van der Waals surface area contributed by atoms with Gasteiger partial charge in [-0.3, -0.25) is 9.59 Å². The van der Waals surface area contributed by atoms with E-state index in [9.17, 15) is 9.59 Å². The van der Waals surface area contributed by atoms with E-state index in [2.05, 4.69) is 0 Å². The quantitative estimate of drug-likeness (QED) is 0.725. The van der Waals surface area contributed by atoms with Crippen LogP contribution >= 0.6 is 0 Å². The molecule has 0 spiro atoms. The van der Waals surface area contributed by atoms with Crippen LogP contribution in [0.15, 0.2) is 0 Å². The zero-order chi connectivity index (χ0) is 13.8. The smallest absolute Gasteiger partial charge is 0.306 e. The molecule has 4 heteroatoms. The van der Waals surface area contributed by atoms with E-state index in [0.29, 0.717) is 6.04 Å². The van der Waals surface area contributed by atoms with Gasteiger partial charge in [0, 0.05) is 19.5 Å². The second-order valence-corrected chi connectivity index (χ2v) is 6.03. The summed E-state index contributed by atoms with van der Waals surface area (Å²) >= 11 is 0. The zero-order valence-electron chi connectivity index (χ0n) is 12.0. The van der Waals surface area contributed by atoms with E-state index in [4.69, 9.17) is 4.74 Å². The van der Waals surface area contributed by atoms with Crippen molar-refractivity contribution in [2.45, 2.75) is 70.9 Å². The molecule has 1 aliphatic carbocycles. The molecule has 0 unspecified atom stereocenters. The minimum absolute atomic E-state index is 0.0489. The fraction of sp³-hybridized carbons (Fsp3) is 0.857. The van der Waals surface area contributed by atoms with E-state index in [1.807, 2.05) is 27.8 Å². The van der Waals surface area contributed by atoms with Gasteiger partial charge in [0.15, 0.2) is 0 Å². The average molecular weight is 255 g/mol. The van der Waals surface area contributed by atoms with Gasteiger partial charge in [-0.2, -0.15) is 0 Å². The summed E-state index contributed by atoms with van der Waals surface area (Å²) in [6.07, 6.45) is 5.02. The first kappa shape index (κ1) is 15.0. The molecule has 1 amide bonds. The van der Waals surface area contributed by atoms with E-state index in [-0.39, 0.29) is 24.7 Å². The number of nitrogens with zero attached hydrogens (tertiary/aromatic N) is 1. The number of carbonyl (C=O) groups excluding carboxylic acids is 2. The van der Waals surface area contributed by atoms with E-state index >= 15 is 0 Å². The first-order valence-corrected chi connectivity index (χ1v) is 6.77. The first-order valence-electron chi connectivity index (χ1n) is 6.77. The monoisotopic (exact) mass is 255 g/mol. The highest BCUT2D eigenvalue weighted by Gasteiger charge is 2.24. The molecule has 4 nitrogen and oxygen atoms in total. The van der Waals surface area contributed by atoms with Gasteiger partial charge in [0.25, 0.3) is 0 Å². The molecule has 0 aliphatic heterocycles. The molecule has 0 atom stereocenters. The molecule has 0 bridgehead atoms. The summed E-state index contributed by atoms with van der Waals surface area (Å²) in [6.45, 7) is 5.49. The molecule has 0 N–H and O–H groups in total. The van der Waals surface area contributed by atoms with E-state index in [1.54, 1.807) is 4.90 Å². The Balaban J connectivity index is 2.29. The van der Waals surface area contributed by atoms with Crippen LogP contribution in [0.3, 0.4) is 0 Å². The minimum atomic E-state index is -0.475. The normalized spacial score (nSPS) is 16.7. The Morgan fingerprint density at radius 2 is 1.72 bits per heavy atom. The third kappa shape index (κ3) is 5.07. The molecule has 104 valence electrons. The van der Waals surface area contributed by atoms with Crippen LogP contribution in [0.1, 0.15) is 59.3 Å². The van der Waals surface area contributed by atoms with Crippen LogP contribution in [0.2, 0.25) is 0 Å². The Hall–Kier alpha value is -1.06. The topological polar surface area (TPSA) is 46.6 Å². The van der Waals surface area contributed by atoms with Crippen LogP contribution < -0.4 is 0 Å². The number of ether oxygens (including phenoxy) is 1. The van der Waals surface area contributed by atoms with Gasteiger partial charge in [0.05, 0.1) is 6.42 Å². The van der Waals surface area contributed by atoms with Crippen molar-refractivity contribution in [3.8, 4) is 0 Å². The van der Waals surface area contributed by atoms with E-state index in [0.717, 1.165) is 12.8 Å². The fourth-order valence-electron chi connectivity index (χ4n) is 2.27. The maximum absolute atomic E-state index is 11.9. The lowest BCUT2D eigenvalue weighted by Crippen LogP contribution is -2.35. The van der Waals surface area contributed by atoms with Crippen molar-refractivity contribution in [2.24, 2.45) is 0 Å². The van der Waals surface area contributed by atoms with Crippen LogP contribution in [0.4, 0.5) is 0 Å². The van der Waals surface area contributed by atoms with Crippen molar-refractivity contribution in [3.63, 3.8) is 0 Å². The zero-order valence-corrected chi connectivity index (χ0v) is 12.0. The van der Waals surface area contributed by atoms with Gasteiger partial charge in [-0.05, 0) is 33.6 Å². The van der Waals surface area contributed by atoms with E-state index < -0.39 is 5.60 Å². The standard InChI is InChI=1S/C14H25NO3/c1-14(2,3)18-13(17)10-9-12(16)15(4)11-7-5-6-8-11/h11H,5-10H2,1-4H3. The molecular weight excluding hydrogens is 230 g/mol. The molecule has 0 aromatic rings. The van der Waals surface area contributed by atoms with E-state index in [1.165, 1.54) is 12.8 Å². The largest absolute Gasteiger partial charge is 0.460 e. The summed E-state index contributed by atoms with van der Waals surface area (Å²) in [5, 5.41) is 0. The Labute approximate surface area is 110 Å². The number of carbonyl (C=O) groups is 2. The van der Waals surface area contributed by atoms with Crippen LogP contribution in [-0.2, 0) is 14.3 Å². The molecule has 1 saturated carbocycles. The lowest BCUT2D eigenvalue weighted by atomic mass is 10.2. The lowest BCUT2D eigenvalue weighted by molar-refractivity contribution is -0.156. The van der Waals surface area contributed by atoms with Gasteiger partial charge in [0.1, 0.15) is 5.60 Å². The number of hydrogen-bond donors (Lipinski definition) is 0. The molecule has 1 aliphatic rings. The second kappa shape index (κ2) is 6.21. The van der Waals surface area contributed by atoms with Crippen LogP contribution in [0.25, 0.3) is 0 Å². The SMILES string of the molecule is CN(C(=O)CCC(=O)OC(C)(C)C)C1CCCC1. The van der Waals surface area contributed by atoms with Gasteiger partial charge in [-0.25, -0.2) is 0 Å². The number of hydrogen-bond acceptors (Lipinski definition) is 3. The predicted octanol–water partition coefficient (Wildman–Crippen LogP) is 2.51. The highest BCUT2D eigenvalue weighted by atomic mass is 16.6. The van der Waals surface area contributed by atoms with Crippen molar-refractivity contribution >= 4 is 11.9 Å². The number of esters is 1. The summed E-state index contributed by atoms with van der Waals surface area (Å²) < 4.78 is 5.18. The number of amides is 1. The third-order valence-electron chi connectivity index (χ3n) is 3.23. The molecule has 1 fully saturated rings. The third-order valence-corrected chi connectivity index (χ3v) is 3.23. The maximum atomic E-state index is 11.9. The second-order valence-electron chi connectivity index (χ2n) is 6.03. The van der Waals surface area contributed by atoms with Crippen molar-refractivity contribution in [2.75, 3.05) is 7.05 Å². The van der Waals surface area contributed by atoms with Crippen LogP contribution in [0.5, 0.6) is 0 Å². The first-order chi connectivity index (χ1) is 8.29. The molecule has 0 aromatic carbocycles. The Morgan fingerprint density at radius 3 is 2.22 bits per heavy atom. The molecule has 18 heavy (non-hydrogen) atoms. The molecule has 0 radical (unpaired) electrons. The van der Waals surface area contributed by atoms with Crippen LogP contribution in [0, 0.1) is 0 Å². The molecule has 1 rings (SSSR count). The summed E-state index contributed by atoms with van der Waals surface area (Å²) in [4.78, 5) is 25.2. The van der Waals surface area contributed by atoms with Gasteiger partial charge < -0.3 is 9.64 Å².